The summed E-state index contributed by atoms with van der Waals surface area (Å²) in [4.78, 5) is 16.1. The Morgan fingerprint density at radius 2 is 2.26 bits per heavy atom. The number of hydrogen-bond acceptors (Lipinski definition) is 6. The Morgan fingerprint density at radius 3 is 2.96 bits per heavy atom. The molecule has 0 atom stereocenters. The first kappa shape index (κ1) is 14.9. The Morgan fingerprint density at radius 1 is 1.39 bits per heavy atom. The monoisotopic (exact) mass is 316 g/mol. The van der Waals surface area contributed by atoms with Crippen LogP contribution in [0, 0.1) is 5.82 Å². The number of carbonyl (C=O) groups excluding carboxylic acids is 1. The Labute approximate surface area is 130 Å². The molecule has 23 heavy (non-hydrogen) atoms. The lowest BCUT2D eigenvalue weighted by atomic mass is 10.3. The van der Waals surface area contributed by atoms with Crippen molar-refractivity contribution in [3.05, 3.63) is 53.9 Å². The first-order valence-electron chi connectivity index (χ1n) is 6.94. The first-order valence-corrected chi connectivity index (χ1v) is 6.94. The van der Waals surface area contributed by atoms with Gasteiger partial charge in [-0.25, -0.2) is 9.18 Å². The van der Waals surface area contributed by atoms with Crippen LogP contribution < -0.4 is 0 Å². The van der Waals surface area contributed by atoms with Crippen LogP contribution in [0.3, 0.4) is 0 Å². The van der Waals surface area contributed by atoms with Crippen LogP contribution in [0.2, 0.25) is 0 Å². The number of ether oxygens (including phenoxy) is 1. The lowest BCUT2D eigenvalue weighted by molar-refractivity contribution is 0.0512. The highest BCUT2D eigenvalue weighted by molar-refractivity contribution is 5.88. The Bertz CT molecular complexity index is 814. The van der Waals surface area contributed by atoms with Crippen molar-refractivity contribution in [3.63, 3.8) is 0 Å². The maximum atomic E-state index is 13.8. The average Bonchev–Trinajstić information content (AvgIpc) is 3.19. The number of hydrogen-bond donors (Lipinski definition) is 0. The van der Waals surface area contributed by atoms with Gasteiger partial charge in [-0.05, 0) is 19.1 Å². The van der Waals surface area contributed by atoms with Crippen molar-refractivity contribution in [3.8, 4) is 11.4 Å². The molecule has 8 heteroatoms. The van der Waals surface area contributed by atoms with Crippen molar-refractivity contribution in [2.45, 2.75) is 13.5 Å². The summed E-state index contributed by atoms with van der Waals surface area (Å²) in [5, 5.41) is 8.06. The van der Waals surface area contributed by atoms with Gasteiger partial charge in [0.25, 0.3) is 0 Å². The minimum absolute atomic E-state index is 0.00132. The number of rotatable bonds is 5. The van der Waals surface area contributed by atoms with Crippen molar-refractivity contribution in [2.24, 2.45) is 0 Å². The van der Waals surface area contributed by atoms with Crippen LogP contribution in [0.15, 0.2) is 41.2 Å². The molecule has 0 radical (unpaired) electrons. The third-order valence-electron chi connectivity index (χ3n) is 3.10. The van der Waals surface area contributed by atoms with Crippen LogP contribution in [0.25, 0.3) is 11.4 Å². The van der Waals surface area contributed by atoms with Gasteiger partial charge in [-0.1, -0.05) is 5.16 Å². The van der Waals surface area contributed by atoms with E-state index in [-0.39, 0.29) is 24.5 Å². The third kappa shape index (κ3) is 3.10. The molecule has 0 aliphatic rings. The molecule has 0 fully saturated rings. The van der Waals surface area contributed by atoms with Gasteiger partial charge in [0.1, 0.15) is 29.2 Å². The molecule has 3 aromatic heterocycles. The fourth-order valence-electron chi connectivity index (χ4n) is 2.05. The topological polar surface area (TPSA) is 83.0 Å². The highest BCUT2D eigenvalue weighted by Gasteiger charge is 2.19. The second kappa shape index (κ2) is 6.39. The zero-order chi connectivity index (χ0) is 16.2. The van der Waals surface area contributed by atoms with Gasteiger partial charge in [-0.3, -0.25) is 9.67 Å². The van der Waals surface area contributed by atoms with Gasteiger partial charge in [-0.15, -0.1) is 0 Å². The normalized spacial score (nSPS) is 10.7. The minimum atomic E-state index is -0.550. The summed E-state index contributed by atoms with van der Waals surface area (Å²) in [7, 11) is 0. The van der Waals surface area contributed by atoms with E-state index in [1.54, 1.807) is 13.0 Å². The van der Waals surface area contributed by atoms with E-state index in [4.69, 9.17) is 9.26 Å². The fourth-order valence-corrected chi connectivity index (χ4v) is 2.05. The quantitative estimate of drug-likeness (QED) is 0.672. The zero-order valence-electron chi connectivity index (χ0n) is 12.3. The van der Waals surface area contributed by atoms with Crippen LogP contribution in [0.5, 0.6) is 0 Å². The maximum Gasteiger partial charge on any atom is 0.356 e. The van der Waals surface area contributed by atoms with Crippen molar-refractivity contribution in [1.82, 2.24) is 19.9 Å². The highest BCUT2D eigenvalue weighted by Crippen LogP contribution is 2.19. The second-order valence-electron chi connectivity index (χ2n) is 4.61. The molecule has 0 aromatic carbocycles. The van der Waals surface area contributed by atoms with E-state index in [0.717, 1.165) is 0 Å². The highest BCUT2D eigenvalue weighted by atomic mass is 19.1. The van der Waals surface area contributed by atoms with Gasteiger partial charge in [0.15, 0.2) is 0 Å². The lowest BCUT2D eigenvalue weighted by Gasteiger charge is -2.06. The number of esters is 1. The average molecular weight is 316 g/mol. The van der Waals surface area contributed by atoms with Gasteiger partial charge in [0.2, 0.25) is 0 Å². The molecule has 0 saturated heterocycles. The predicted octanol–water partition coefficient (Wildman–Crippen LogP) is 2.30. The summed E-state index contributed by atoms with van der Waals surface area (Å²) < 4.78 is 24.9. The molecule has 3 rings (SSSR count). The number of nitrogens with zero attached hydrogens (tertiary/aromatic N) is 4. The molecule has 0 aliphatic carbocycles. The van der Waals surface area contributed by atoms with Crippen LogP contribution in [0.1, 0.15) is 23.1 Å². The van der Waals surface area contributed by atoms with Crippen molar-refractivity contribution < 1.29 is 18.4 Å². The van der Waals surface area contributed by atoms with Gasteiger partial charge in [0, 0.05) is 18.3 Å². The van der Waals surface area contributed by atoms with Crippen LogP contribution >= 0.6 is 0 Å². The first-order chi connectivity index (χ1) is 11.2. The number of aromatic nitrogens is 4. The standard InChI is InChI=1S/C15H13FN4O3/c1-2-22-15(21)14-8-12(11-5-7-23-19-11)18-20(14)9-13-10(16)4-3-6-17-13/h3-8H,2,9H2,1H3. The summed E-state index contributed by atoms with van der Waals surface area (Å²) in [6.45, 7) is 1.93. The van der Waals surface area contributed by atoms with Crippen molar-refractivity contribution in [1.29, 1.82) is 0 Å². The third-order valence-corrected chi connectivity index (χ3v) is 3.10. The van der Waals surface area contributed by atoms with E-state index in [0.29, 0.717) is 11.4 Å². The largest absolute Gasteiger partial charge is 0.461 e. The second-order valence-corrected chi connectivity index (χ2v) is 4.61. The smallest absolute Gasteiger partial charge is 0.356 e. The summed E-state index contributed by atoms with van der Waals surface area (Å²) in [6.07, 6.45) is 2.88. The molecule has 0 spiro atoms. The van der Waals surface area contributed by atoms with Gasteiger partial charge in [-0.2, -0.15) is 5.10 Å². The SMILES string of the molecule is CCOC(=O)c1cc(-c2ccon2)nn1Cc1ncccc1F. The Hall–Kier alpha value is -3.03. The summed E-state index contributed by atoms with van der Waals surface area (Å²) in [5.41, 5.74) is 1.26. The molecule has 0 unspecified atom stereocenters. The minimum Gasteiger partial charge on any atom is -0.461 e. The van der Waals surface area contributed by atoms with Gasteiger partial charge < -0.3 is 9.26 Å². The van der Waals surface area contributed by atoms with Crippen molar-refractivity contribution >= 4 is 5.97 Å². The van der Waals surface area contributed by atoms with Gasteiger partial charge >= 0.3 is 5.97 Å². The molecule has 0 saturated carbocycles. The summed E-state index contributed by atoms with van der Waals surface area (Å²) in [5.74, 6) is -1.02. The zero-order valence-corrected chi connectivity index (χ0v) is 12.3. The number of carbonyl (C=O) groups is 1. The van der Waals surface area contributed by atoms with Crippen LogP contribution in [-0.2, 0) is 11.3 Å². The molecular weight excluding hydrogens is 303 g/mol. The molecule has 3 heterocycles. The van der Waals surface area contributed by atoms with Crippen LogP contribution in [-0.4, -0.2) is 32.5 Å². The molecule has 118 valence electrons. The van der Waals surface area contributed by atoms with E-state index < -0.39 is 11.8 Å². The van der Waals surface area contributed by atoms with E-state index in [1.807, 2.05) is 0 Å². The van der Waals surface area contributed by atoms with E-state index in [2.05, 4.69) is 15.2 Å². The molecule has 0 N–H and O–H groups in total. The lowest BCUT2D eigenvalue weighted by Crippen LogP contribution is -2.15. The summed E-state index contributed by atoms with van der Waals surface area (Å²) >= 11 is 0. The molecular formula is C15H13FN4O3. The molecule has 0 amide bonds. The summed E-state index contributed by atoms with van der Waals surface area (Å²) in [6, 6.07) is 5.93. The van der Waals surface area contributed by atoms with E-state index in [9.17, 15) is 9.18 Å². The molecule has 7 nitrogen and oxygen atoms in total. The number of pyridine rings is 1. The van der Waals surface area contributed by atoms with E-state index >= 15 is 0 Å². The molecule has 3 aromatic rings. The predicted molar refractivity (Wildman–Crippen MR) is 77.0 cm³/mol. The van der Waals surface area contributed by atoms with Gasteiger partial charge in [0.05, 0.1) is 18.8 Å². The maximum absolute atomic E-state index is 13.8. The Balaban J connectivity index is 2.00. The van der Waals surface area contributed by atoms with Crippen molar-refractivity contribution in [2.75, 3.05) is 6.61 Å². The Kier molecular flexibility index (Phi) is 4.13. The number of halogens is 1. The van der Waals surface area contributed by atoms with Crippen LogP contribution in [0.4, 0.5) is 4.39 Å². The fraction of sp³-hybridized carbons (Fsp3) is 0.200. The van der Waals surface area contributed by atoms with E-state index in [1.165, 1.54) is 35.3 Å². The molecule has 0 aliphatic heterocycles. The molecule has 0 bridgehead atoms.